The minimum Gasteiger partial charge on any atom is -0.422 e. The van der Waals surface area contributed by atoms with E-state index in [1.54, 1.807) is 24.3 Å². The van der Waals surface area contributed by atoms with Crippen LogP contribution in [0.5, 0.6) is 0 Å². The highest BCUT2D eigenvalue weighted by molar-refractivity contribution is 9.10. The van der Waals surface area contributed by atoms with Crippen molar-refractivity contribution in [3.63, 3.8) is 0 Å². The molecule has 2 aromatic carbocycles. The van der Waals surface area contributed by atoms with E-state index in [-0.39, 0.29) is 11.5 Å². The number of hydrogen-bond acceptors (Lipinski definition) is 5. The molecule has 0 N–H and O–H groups in total. The van der Waals surface area contributed by atoms with Gasteiger partial charge in [0, 0.05) is 20.4 Å². The number of hydrogen-bond donors (Lipinski definition) is 0. The van der Waals surface area contributed by atoms with Crippen molar-refractivity contribution in [1.82, 2.24) is 10.2 Å². The predicted octanol–water partition coefficient (Wildman–Crippen LogP) is 4.93. The lowest BCUT2D eigenvalue weighted by atomic mass is 10.2. The Kier molecular flexibility index (Phi) is 3.70. The molecule has 0 amide bonds. The molecule has 24 heavy (non-hydrogen) atoms. The molecule has 0 unspecified atom stereocenters. The van der Waals surface area contributed by atoms with E-state index in [2.05, 4.69) is 26.1 Å². The molecule has 0 spiro atoms. The van der Waals surface area contributed by atoms with E-state index < -0.39 is 5.63 Å². The van der Waals surface area contributed by atoms with Gasteiger partial charge in [0.05, 0.1) is 0 Å². The first-order valence-corrected chi connectivity index (χ1v) is 8.10. The fourth-order valence-corrected chi connectivity index (χ4v) is 2.89. The Balaban J connectivity index is 1.83. The molecule has 0 fully saturated rings. The molecule has 7 heteroatoms. The Hall–Kier alpha value is -2.44. The average Bonchev–Trinajstić information content (AvgIpc) is 3.04. The second-order valence-corrected chi connectivity index (χ2v) is 6.40. The molecule has 5 nitrogen and oxygen atoms in total. The lowest BCUT2D eigenvalue weighted by Gasteiger charge is -1.99. The first-order chi connectivity index (χ1) is 11.6. The minimum absolute atomic E-state index is 0.0978. The van der Waals surface area contributed by atoms with Crippen LogP contribution in [0.1, 0.15) is 0 Å². The highest BCUT2D eigenvalue weighted by Gasteiger charge is 2.16. The van der Waals surface area contributed by atoms with Crippen molar-refractivity contribution >= 4 is 38.5 Å². The van der Waals surface area contributed by atoms with Crippen molar-refractivity contribution < 1.29 is 8.83 Å². The number of rotatable bonds is 2. The largest absolute Gasteiger partial charge is 0.422 e. The highest BCUT2D eigenvalue weighted by Crippen LogP contribution is 2.26. The van der Waals surface area contributed by atoms with Gasteiger partial charge in [-0.25, -0.2) is 4.79 Å². The van der Waals surface area contributed by atoms with Crippen LogP contribution < -0.4 is 5.63 Å². The molecule has 2 heterocycles. The van der Waals surface area contributed by atoms with E-state index >= 15 is 0 Å². The maximum Gasteiger partial charge on any atom is 0.349 e. The monoisotopic (exact) mass is 402 g/mol. The smallest absolute Gasteiger partial charge is 0.349 e. The summed E-state index contributed by atoms with van der Waals surface area (Å²) < 4.78 is 11.8. The van der Waals surface area contributed by atoms with Crippen molar-refractivity contribution in [2.75, 3.05) is 0 Å². The van der Waals surface area contributed by atoms with E-state index in [0.717, 1.165) is 10.0 Å². The molecule has 0 saturated carbocycles. The molecule has 0 saturated heterocycles. The Morgan fingerprint density at radius 2 is 1.79 bits per heavy atom. The molecule has 118 valence electrons. The SMILES string of the molecule is O=c1oc2ccc(Cl)cc2cc1-c1nnc(-c2cccc(Br)c2)o1. The van der Waals surface area contributed by atoms with Crippen molar-refractivity contribution in [3.05, 3.63) is 68.4 Å². The molecule has 0 radical (unpaired) electrons. The first kappa shape index (κ1) is 15.1. The number of fused-ring (bicyclic) bond motifs is 1. The fourth-order valence-electron chi connectivity index (χ4n) is 2.31. The second-order valence-electron chi connectivity index (χ2n) is 5.05. The lowest BCUT2D eigenvalue weighted by molar-refractivity contribution is 0.547. The summed E-state index contributed by atoms with van der Waals surface area (Å²) in [6, 6.07) is 14.1. The van der Waals surface area contributed by atoms with Gasteiger partial charge in [-0.2, -0.15) is 0 Å². The maximum absolute atomic E-state index is 12.2. The van der Waals surface area contributed by atoms with Crippen LogP contribution in [0.25, 0.3) is 33.9 Å². The fraction of sp³-hybridized carbons (Fsp3) is 0. The normalized spacial score (nSPS) is 11.1. The number of aromatic nitrogens is 2. The summed E-state index contributed by atoms with van der Waals surface area (Å²) in [7, 11) is 0. The van der Waals surface area contributed by atoms with Crippen molar-refractivity contribution in [3.8, 4) is 22.9 Å². The van der Waals surface area contributed by atoms with E-state index in [4.69, 9.17) is 20.4 Å². The molecule has 0 aliphatic carbocycles. The van der Waals surface area contributed by atoms with Crippen LogP contribution in [0.2, 0.25) is 5.02 Å². The predicted molar refractivity (Wildman–Crippen MR) is 93.9 cm³/mol. The van der Waals surface area contributed by atoms with Crippen LogP contribution in [0, 0.1) is 0 Å². The van der Waals surface area contributed by atoms with Crippen LogP contribution >= 0.6 is 27.5 Å². The third kappa shape index (κ3) is 2.74. The molecule has 4 rings (SSSR count). The zero-order valence-electron chi connectivity index (χ0n) is 12.0. The van der Waals surface area contributed by atoms with Gasteiger partial charge < -0.3 is 8.83 Å². The maximum atomic E-state index is 12.2. The van der Waals surface area contributed by atoms with Gasteiger partial charge in [0.2, 0.25) is 5.89 Å². The standard InChI is InChI=1S/C17H8BrClN2O3/c18-11-3-1-2-9(6-11)15-20-21-16(24-15)13-8-10-7-12(19)4-5-14(10)23-17(13)22/h1-8H. The lowest BCUT2D eigenvalue weighted by Crippen LogP contribution is -2.02. The summed E-state index contributed by atoms with van der Waals surface area (Å²) in [5.74, 6) is 0.414. The molecule has 0 aliphatic heterocycles. The number of halogens is 2. The van der Waals surface area contributed by atoms with Gasteiger partial charge in [-0.3, -0.25) is 0 Å². The molecular formula is C17H8BrClN2O3. The summed E-state index contributed by atoms with van der Waals surface area (Å²) >= 11 is 9.37. The van der Waals surface area contributed by atoms with Gasteiger partial charge in [-0.05, 0) is 42.5 Å². The van der Waals surface area contributed by atoms with Gasteiger partial charge in [-0.15, -0.1) is 10.2 Å². The summed E-state index contributed by atoms with van der Waals surface area (Å²) in [6.45, 7) is 0. The van der Waals surface area contributed by atoms with E-state index in [1.165, 1.54) is 0 Å². The van der Waals surface area contributed by atoms with Gasteiger partial charge in [-0.1, -0.05) is 33.6 Å². The first-order valence-electron chi connectivity index (χ1n) is 6.93. The summed E-state index contributed by atoms with van der Waals surface area (Å²) in [5, 5.41) is 9.18. The topological polar surface area (TPSA) is 69.1 Å². The summed E-state index contributed by atoms with van der Waals surface area (Å²) in [5.41, 5.74) is 0.837. The van der Waals surface area contributed by atoms with Crippen molar-refractivity contribution in [2.45, 2.75) is 0 Å². The highest BCUT2D eigenvalue weighted by atomic mass is 79.9. The minimum atomic E-state index is -0.547. The van der Waals surface area contributed by atoms with E-state index in [9.17, 15) is 4.79 Å². The van der Waals surface area contributed by atoms with Gasteiger partial charge in [0.25, 0.3) is 5.89 Å². The average molecular weight is 404 g/mol. The van der Waals surface area contributed by atoms with Crippen LogP contribution in [-0.4, -0.2) is 10.2 Å². The Morgan fingerprint density at radius 3 is 2.62 bits per heavy atom. The van der Waals surface area contributed by atoms with Gasteiger partial charge in [0.1, 0.15) is 11.1 Å². The third-order valence-corrected chi connectivity index (χ3v) is 4.15. The Bertz CT molecular complexity index is 1120. The number of nitrogens with zero attached hydrogens (tertiary/aromatic N) is 2. The molecule has 0 aliphatic rings. The number of benzene rings is 2. The van der Waals surface area contributed by atoms with Crippen LogP contribution in [-0.2, 0) is 0 Å². The third-order valence-electron chi connectivity index (χ3n) is 3.42. The van der Waals surface area contributed by atoms with Crippen LogP contribution in [0.3, 0.4) is 0 Å². The van der Waals surface area contributed by atoms with Crippen LogP contribution in [0.15, 0.2) is 66.6 Å². The Morgan fingerprint density at radius 1 is 0.958 bits per heavy atom. The quantitative estimate of drug-likeness (QED) is 0.444. The van der Waals surface area contributed by atoms with E-state index in [0.29, 0.717) is 21.9 Å². The molecule has 0 atom stereocenters. The Labute approximate surface area is 149 Å². The molecule has 0 bridgehead atoms. The van der Waals surface area contributed by atoms with E-state index in [1.807, 2.05) is 24.3 Å². The van der Waals surface area contributed by atoms with Gasteiger partial charge in [0.15, 0.2) is 0 Å². The summed E-state index contributed by atoms with van der Waals surface area (Å²) in [6.07, 6.45) is 0. The molecule has 2 aromatic heterocycles. The second kappa shape index (κ2) is 5.89. The van der Waals surface area contributed by atoms with Crippen molar-refractivity contribution in [1.29, 1.82) is 0 Å². The van der Waals surface area contributed by atoms with Crippen LogP contribution in [0.4, 0.5) is 0 Å². The summed E-state index contributed by atoms with van der Waals surface area (Å²) in [4.78, 5) is 12.2. The zero-order chi connectivity index (χ0) is 16.7. The molecular weight excluding hydrogens is 396 g/mol. The zero-order valence-corrected chi connectivity index (χ0v) is 14.3. The van der Waals surface area contributed by atoms with Gasteiger partial charge >= 0.3 is 5.63 Å². The molecule has 4 aromatic rings. The van der Waals surface area contributed by atoms with Crippen molar-refractivity contribution in [2.24, 2.45) is 0 Å².